The van der Waals surface area contributed by atoms with Crippen molar-refractivity contribution in [2.75, 3.05) is 13.1 Å². The van der Waals surface area contributed by atoms with Crippen LogP contribution in [0.25, 0.3) is 0 Å². The smallest absolute Gasteiger partial charge is 0.0237 e. The van der Waals surface area contributed by atoms with Crippen LogP contribution in [0.15, 0.2) is 24.3 Å². The van der Waals surface area contributed by atoms with Crippen LogP contribution < -0.4 is 5.73 Å². The molecule has 96 valence electrons. The van der Waals surface area contributed by atoms with Gasteiger partial charge in [0, 0.05) is 19.1 Å². The van der Waals surface area contributed by atoms with Gasteiger partial charge in [-0.2, -0.15) is 0 Å². The lowest BCUT2D eigenvalue weighted by Gasteiger charge is -2.31. The highest BCUT2D eigenvalue weighted by Gasteiger charge is 2.17. The summed E-state index contributed by atoms with van der Waals surface area (Å²) in [5.41, 5.74) is 8.95. The molecule has 1 saturated heterocycles. The van der Waals surface area contributed by atoms with E-state index in [1.165, 1.54) is 30.5 Å². The Balaban J connectivity index is 0.00000144. The van der Waals surface area contributed by atoms with E-state index in [9.17, 15) is 0 Å². The number of aryl methyl sites for hydroxylation is 1. The van der Waals surface area contributed by atoms with Crippen LogP contribution in [-0.4, -0.2) is 24.0 Å². The van der Waals surface area contributed by atoms with E-state index in [1.807, 2.05) is 0 Å². The van der Waals surface area contributed by atoms with Crippen LogP contribution >= 0.6 is 12.4 Å². The number of likely N-dealkylation sites (tertiary alicyclic amines) is 1. The molecule has 17 heavy (non-hydrogen) atoms. The van der Waals surface area contributed by atoms with Crippen molar-refractivity contribution in [1.29, 1.82) is 0 Å². The van der Waals surface area contributed by atoms with Crippen molar-refractivity contribution in [2.24, 2.45) is 5.73 Å². The predicted molar refractivity (Wildman–Crippen MR) is 75.6 cm³/mol. The van der Waals surface area contributed by atoms with Gasteiger partial charge in [0.25, 0.3) is 0 Å². The highest BCUT2D eigenvalue weighted by Crippen LogP contribution is 2.16. The summed E-state index contributed by atoms with van der Waals surface area (Å²) in [7, 11) is 0. The molecule has 2 nitrogen and oxygen atoms in total. The van der Waals surface area contributed by atoms with E-state index in [0.29, 0.717) is 6.04 Å². The van der Waals surface area contributed by atoms with E-state index in [2.05, 4.69) is 36.1 Å². The second-order valence-electron chi connectivity index (χ2n) is 4.76. The first-order valence-electron chi connectivity index (χ1n) is 6.34. The molecule has 0 amide bonds. The summed E-state index contributed by atoms with van der Waals surface area (Å²) in [6, 6.07) is 9.13. The molecule has 1 aliphatic rings. The van der Waals surface area contributed by atoms with E-state index in [4.69, 9.17) is 5.73 Å². The van der Waals surface area contributed by atoms with Crippen LogP contribution in [0.5, 0.6) is 0 Å². The largest absolute Gasteiger partial charge is 0.327 e. The average Bonchev–Trinajstić information content (AvgIpc) is 2.30. The van der Waals surface area contributed by atoms with Gasteiger partial charge in [-0.05, 0) is 36.9 Å². The van der Waals surface area contributed by atoms with Crippen molar-refractivity contribution in [3.8, 4) is 0 Å². The third-order valence-electron chi connectivity index (χ3n) is 3.44. The molecule has 0 bridgehead atoms. The number of hydrogen-bond donors (Lipinski definition) is 1. The van der Waals surface area contributed by atoms with Gasteiger partial charge in [-0.3, -0.25) is 4.90 Å². The van der Waals surface area contributed by atoms with E-state index in [-0.39, 0.29) is 12.4 Å². The summed E-state index contributed by atoms with van der Waals surface area (Å²) in [5, 5.41) is 0. The summed E-state index contributed by atoms with van der Waals surface area (Å²) in [6.07, 6.45) is 3.55. The maximum absolute atomic E-state index is 6.01. The minimum absolute atomic E-state index is 0. The molecule has 2 rings (SSSR count). The maximum atomic E-state index is 6.01. The third-order valence-corrected chi connectivity index (χ3v) is 3.44. The second kappa shape index (κ2) is 7.00. The molecule has 1 unspecified atom stereocenters. The van der Waals surface area contributed by atoms with Gasteiger partial charge in [0.15, 0.2) is 0 Å². The highest BCUT2D eigenvalue weighted by molar-refractivity contribution is 5.85. The van der Waals surface area contributed by atoms with Crippen molar-refractivity contribution >= 4 is 12.4 Å². The van der Waals surface area contributed by atoms with Gasteiger partial charge in [-0.15, -0.1) is 12.4 Å². The van der Waals surface area contributed by atoms with Gasteiger partial charge >= 0.3 is 0 Å². The van der Waals surface area contributed by atoms with Gasteiger partial charge in [-0.25, -0.2) is 0 Å². The summed E-state index contributed by atoms with van der Waals surface area (Å²) in [4.78, 5) is 2.49. The minimum Gasteiger partial charge on any atom is -0.327 e. The van der Waals surface area contributed by atoms with E-state index in [0.717, 1.165) is 19.5 Å². The summed E-state index contributed by atoms with van der Waals surface area (Å²) >= 11 is 0. The summed E-state index contributed by atoms with van der Waals surface area (Å²) in [6.45, 7) is 5.54. The van der Waals surface area contributed by atoms with Crippen molar-refractivity contribution < 1.29 is 0 Å². The van der Waals surface area contributed by atoms with Gasteiger partial charge in [0.05, 0.1) is 0 Å². The number of rotatable bonds is 3. The summed E-state index contributed by atoms with van der Waals surface area (Å²) < 4.78 is 0. The van der Waals surface area contributed by atoms with Crippen LogP contribution in [0.4, 0.5) is 0 Å². The van der Waals surface area contributed by atoms with Crippen LogP contribution in [0, 0.1) is 0 Å². The Morgan fingerprint density at radius 3 is 2.65 bits per heavy atom. The molecule has 1 aromatic carbocycles. The normalized spacial score (nSPS) is 20.9. The fraction of sp³-hybridized carbons (Fsp3) is 0.571. The molecule has 0 aliphatic carbocycles. The standard InChI is InChI=1S/C14H22N2.ClH/c1-2-12-6-3-4-7-13(12)10-16-9-5-8-14(15)11-16;/h3-4,6-7,14H,2,5,8-11,15H2,1H3;1H. The van der Waals surface area contributed by atoms with Crippen LogP contribution in [-0.2, 0) is 13.0 Å². The Labute approximate surface area is 111 Å². The van der Waals surface area contributed by atoms with Crippen LogP contribution in [0.2, 0.25) is 0 Å². The zero-order valence-electron chi connectivity index (χ0n) is 10.6. The SMILES string of the molecule is CCc1ccccc1CN1CCCC(N)C1.Cl. The molecule has 3 heteroatoms. The molecule has 1 aromatic rings. The molecule has 0 radical (unpaired) electrons. The Hall–Kier alpha value is -0.570. The topological polar surface area (TPSA) is 29.3 Å². The lowest BCUT2D eigenvalue weighted by molar-refractivity contribution is 0.201. The van der Waals surface area contributed by atoms with Crippen molar-refractivity contribution in [1.82, 2.24) is 4.90 Å². The second-order valence-corrected chi connectivity index (χ2v) is 4.76. The van der Waals surface area contributed by atoms with E-state index < -0.39 is 0 Å². The van der Waals surface area contributed by atoms with Crippen molar-refractivity contribution in [3.63, 3.8) is 0 Å². The van der Waals surface area contributed by atoms with Crippen molar-refractivity contribution in [3.05, 3.63) is 35.4 Å². The molecule has 1 fully saturated rings. The molecule has 1 aliphatic heterocycles. The number of nitrogens with zero attached hydrogens (tertiary/aromatic N) is 1. The van der Waals surface area contributed by atoms with Gasteiger partial charge in [-0.1, -0.05) is 31.2 Å². The van der Waals surface area contributed by atoms with Gasteiger partial charge in [0.1, 0.15) is 0 Å². The number of halogens is 1. The molecule has 1 atom stereocenters. The Morgan fingerprint density at radius 2 is 2.00 bits per heavy atom. The molecule has 0 saturated carbocycles. The fourth-order valence-electron chi connectivity index (χ4n) is 2.53. The quantitative estimate of drug-likeness (QED) is 0.899. The Morgan fingerprint density at radius 1 is 1.29 bits per heavy atom. The maximum Gasteiger partial charge on any atom is 0.0237 e. The predicted octanol–water partition coefficient (Wildman–Crippen LogP) is 2.59. The minimum atomic E-state index is 0. The van der Waals surface area contributed by atoms with E-state index >= 15 is 0 Å². The van der Waals surface area contributed by atoms with Crippen LogP contribution in [0.1, 0.15) is 30.9 Å². The average molecular weight is 255 g/mol. The molecular weight excluding hydrogens is 232 g/mol. The third kappa shape index (κ3) is 3.98. The number of nitrogens with two attached hydrogens (primary N) is 1. The first kappa shape index (κ1) is 14.5. The summed E-state index contributed by atoms with van der Waals surface area (Å²) in [5.74, 6) is 0. The van der Waals surface area contributed by atoms with Crippen molar-refractivity contribution in [2.45, 2.75) is 38.8 Å². The highest BCUT2D eigenvalue weighted by atomic mass is 35.5. The monoisotopic (exact) mass is 254 g/mol. The number of hydrogen-bond acceptors (Lipinski definition) is 2. The zero-order chi connectivity index (χ0) is 11.4. The van der Waals surface area contributed by atoms with E-state index in [1.54, 1.807) is 0 Å². The number of piperidine rings is 1. The van der Waals surface area contributed by atoms with Crippen LogP contribution in [0.3, 0.4) is 0 Å². The fourth-order valence-corrected chi connectivity index (χ4v) is 2.53. The first-order chi connectivity index (χ1) is 7.79. The zero-order valence-corrected chi connectivity index (χ0v) is 11.4. The molecular formula is C14H23ClN2. The Kier molecular flexibility index (Phi) is 5.96. The molecule has 0 spiro atoms. The number of benzene rings is 1. The van der Waals surface area contributed by atoms with Gasteiger partial charge < -0.3 is 5.73 Å². The Bertz CT molecular complexity index is 341. The van der Waals surface area contributed by atoms with Gasteiger partial charge in [0.2, 0.25) is 0 Å². The first-order valence-corrected chi connectivity index (χ1v) is 6.34. The molecule has 2 N–H and O–H groups in total. The lowest BCUT2D eigenvalue weighted by Crippen LogP contribution is -2.42. The molecule has 0 aromatic heterocycles. The lowest BCUT2D eigenvalue weighted by atomic mass is 10.0. The molecule has 1 heterocycles.